The maximum absolute atomic E-state index is 10.9. The van der Waals surface area contributed by atoms with Crippen LogP contribution in [0.15, 0.2) is 23.1 Å². The molecule has 0 aromatic heterocycles. The lowest BCUT2D eigenvalue weighted by molar-refractivity contribution is 0.482. The minimum atomic E-state index is -4.22. The molecule has 0 saturated carbocycles. The molecule has 0 spiro atoms. The van der Waals surface area contributed by atoms with Crippen molar-refractivity contribution >= 4 is 21.7 Å². The van der Waals surface area contributed by atoms with Gasteiger partial charge < -0.3 is 5.73 Å². The summed E-state index contributed by atoms with van der Waals surface area (Å²) >= 11 is 5.78. The van der Waals surface area contributed by atoms with Gasteiger partial charge in [-0.2, -0.15) is 8.42 Å². The van der Waals surface area contributed by atoms with Crippen molar-refractivity contribution in [2.24, 2.45) is 5.73 Å². The molecule has 78 valence electrons. The van der Waals surface area contributed by atoms with Crippen molar-refractivity contribution in [2.45, 2.75) is 11.3 Å². The highest BCUT2D eigenvalue weighted by atomic mass is 35.5. The van der Waals surface area contributed by atoms with E-state index in [4.69, 9.17) is 21.9 Å². The third-order valence-electron chi connectivity index (χ3n) is 1.75. The summed E-state index contributed by atoms with van der Waals surface area (Å²) in [4.78, 5) is -0.171. The Balaban J connectivity index is 3.36. The predicted octanol–water partition coefficient (Wildman–Crippen LogP) is 1.09. The monoisotopic (exact) mass is 235 g/mol. The third-order valence-corrected chi connectivity index (χ3v) is 3.04. The molecule has 0 aliphatic heterocycles. The first-order valence-corrected chi connectivity index (χ1v) is 5.73. The summed E-state index contributed by atoms with van der Waals surface area (Å²) in [5.74, 6) is 0. The largest absolute Gasteiger partial charge is 0.330 e. The standard InChI is InChI=1S/C8H10ClNO3S/c9-7-2-1-3-8(14(11,12)13)6(7)4-5-10/h1-3H,4-5,10H2,(H,11,12,13). The lowest BCUT2D eigenvalue weighted by Gasteiger charge is -2.07. The van der Waals surface area contributed by atoms with Gasteiger partial charge in [-0.25, -0.2) is 0 Å². The van der Waals surface area contributed by atoms with E-state index in [-0.39, 0.29) is 11.4 Å². The van der Waals surface area contributed by atoms with Crippen molar-refractivity contribution in [1.82, 2.24) is 0 Å². The van der Waals surface area contributed by atoms with Crippen LogP contribution in [0.5, 0.6) is 0 Å². The van der Waals surface area contributed by atoms with Gasteiger partial charge in [0, 0.05) is 5.02 Å². The molecule has 0 bridgehead atoms. The van der Waals surface area contributed by atoms with E-state index in [2.05, 4.69) is 0 Å². The van der Waals surface area contributed by atoms with Crippen molar-refractivity contribution in [1.29, 1.82) is 0 Å². The second-order valence-electron chi connectivity index (χ2n) is 2.73. The van der Waals surface area contributed by atoms with Crippen LogP contribution in [0, 0.1) is 0 Å². The summed E-state index contributed by atoms with van der Waals surface area (Å²) in [5.41, 5.74) is 5.67. The zero-order valence-corrected chi connectivity index (χ0v) is 8.85. The summed E-state index contributed by atoms with van der Waals surface area (Å²) in [7, 11) is -4.22. The highest BCUT2D eigenvalue weighted by Crippen LogP contribution is 2.23. The van der Waals surface area contributed by atoms with Crippen LogP contribution in [0.4, 0.5) is 0 Å². The zero-order chi connectivity index (χ0) is 10.8. The normalized spacial score (nSPS) is 11.6. The van der Waals surface area contributed by atoms with Gasteiger partial charge in [-0.05, 0) is 30.7 Å². The van der Waals surface area contributed by atoms with Gasteiger partial charge in [-0.1, -0.05) is 17.7 Å². The molecular weight excluding hydrogens is 226 g/mol. The van der Waals surface area contributed by atoms with Crippen LogP contribution in [-0.2, 0) is 16.5 Å². The van der Waals surface area contributed by atoms with Crippen molar-refractivity contribution < 1.29 is 13.0 Å². The zero-order valence-electron chi connectivity index (χ0n) is 7.27. The first kappa shape index (κ1) is 11.5. The molecule has 1 rings (SSSR count). The first-order chi connectivity index (χ1) is 6.46. The summed E-state index contributed by atoms with van der Waals surface area (Å²) in [6.45, 7) is 0.270. The average Bonchev–Trinajstić information content (AvgIpc) is 2.07. The Kier molecular flexibility index (Phi) is 3.49. The van der Waals surface area contributed by atoms with Crippen LogP contribution >= 0.6 is 11.6 Å². The molecule has 14 heavy (non-hydrogen) atoms. The minimum Gasteiger partial charge on any atom is -0.330 e. The number of rotatable bonds is 3. The van der Waals surface area contributed by atoms with Crippen LogP contribution in [0.25, 0.3) is 0 Å². The van der Waals surface area contributed by atoms with Crippen LogP contribution in [-0.4, -0.2) is 19.5 Å². The van der Waals surface area contributed by atoms with E-state index in [0.29, 0.717) is 17.0 Å². The van der Waals surface area contributed by atoms with Crippen LogP contribution in [0.3, 0.4) is 0 Å². The summed E-state index contributed by atoms with van der Waals surface area (Å²) in [5, 5.41) is 0.297. The second-order valence-corrected chi connectivity index (χ2v) is 4.53. The highest BCUT2D eigenvalue weighted by molar-refractivity contribution is 7.85. The van der Waals surface area contributed by atoms with E-state index in [1.165, 1.54) is 12.1 Å². The van der Waals surface area contributed by atoms with Crippen molar-refractivity contribution in [3.8, 4) is 0 Å². The van der Waals surface area contributed by atoms with Gasteiger partial charge in [-0.3, -0.25) is 4.55 Å². The topological polar surface area (TPSA) is 80.4 Å². The van der Waals surface area contributed by atoms with Crippen LogP contribution in [0.2, 0.25) is 5.02 Å². The van der Waals surface area contributed by atoms with E-state index >= 15 is 0 Å². The number of hydrogen-bond acceptors (Lipinski definition) is 3. The van der Waals surface area contributed by atoms with E-state index < -0.39 is 10.1 Å². The molecule has 0 aliphatic carbocycles. The van der Waals surface area contributed by atoms with Gasteiger partial charge in [-0.15, -0.1) is 0 Å². The second kappa shape index (κ2) is 4.27. The fourth-order valence-electron chi connectivity index (χ4n) is 1.17. The Bertz CT molecular complexity index is 430. The molecule has 0 amide bonds. The maximum atomic E-state index is 10.9. The highest BCUT2D eigenvalue weighted by Gasteiger charge is 2.16. The molecule has 0 fully saturated rings. The van der Waals surface area contributed by atoms with Crippen LogP contribution in [0.1, 0.15) is 5.56 Å². The molecule has 0 aliphatic rings. The molecule has 4 nitrogen and oxygen atoms in total. The van der Waals surface area contributed by atoms with E-state index in [9.17, 15) is 8.42 Å². The molecule has 0 saturated heterocycles. The van der Waals surface area contributed by atoms with E-state index in [1.807, 2.05) is 0 Å². The average molecular weight is 236 g/mol. The molecule has 3 N–H and O–H groups in total. The Morgan fingerprint density at radius 2 is 2.07 bits per heavy atom. The SMILES string of the molecule is NCCc1c(Cl)cccc1S(=O)(=O)O. The van der Waals surface area contributed by atoms with Gasteiger partial charge in [0.2, 0.25) is 0 Å². The van der Waals surface area contributed by atoms with Gasteiger partial charge >= 0.3 is 0 Å². The number of halogens is 1. The molecule has 0 heterocycles. The summed E-state index contributed by atoms with van der Waals surface area (Å²) < 4.78 is 30.8. The van der Waals surface area contributed by atoms with Crippen LogP contribution < -0.4 is 5.73 Å². The molecule has 0 unspecified atom stereocenters. The quantitative estimate of drug-likeness (QED) is 0.769. The maximum Gasteiger partial charge on any atom is 0.294 e. The lowest BCUT2D eigenvalue weighted by atomic mass is 10.1. The Labute approximate surface area is 87.4 Å². The summed E-state index contributed by atoms with van der Waals surface area (Å²) in [6.07, 6.45) is 0.314. The fraction of sp³-hybridized carbons (Fsp3) is 0.250. The molecular formula is C8H10ClNO3S. The first-order valence-electron chi connectivity index (χ1n) is 3.91. The van der Waals surface area contributed by atoms with Gasteiger partial charge in [0.25, 0.3) is 10.1 Å². The molecule has 0 radical (unpaired) electrons. The number of benzene rings is 1. The Hall–Kier alpha value is -0.620. The molecule has 0 atom stereocenters. The summed E-state index contributed by atoms with van der Waals surface area (Å²) in [6, 6.07) is 4.32. The predicted molar refractivity (Wildman–Crippen MR) is 54.0 cm³/mol. The van der Waals surface area contributed by atoms with Gasteiger partial charge in [0.05, 0.1) is 4.90 Å². The van der Waals surface area contributed by atoms with Gasteiger partial charge in [0.1, 0.15) is 0 Å². The molecule has 1 aromatic carbocycles. The van der Waals surface area contributed by atoms with E-state index in [0.717, 1.165) is 0 Å². The Morgan fingerprint density at radius 1 is 1.43 bits per heavy atom. The van der Waals surface area contributed by atoms with Crippen molar-refractivity contribution in [3.63, 3.8) is 0 Å². The van der Waals surface area contributed by atoms with Crippen molar-refractivity contribution in [3.05, 3.63) is 28.8 Å². The number of nitrogens with two attached hydrogens (primary N) is 1. The lowest BCUT2D eigenvalue weighted by Crippen LogP contribution is -2.09. The third kappa shape index (κ3) is 2.45. The fourth-order valence-corrected chi connectivity index (χ4v) is 2.27. The minimum absolute atomic E-state index is 0.171. The van der Waals surface area contributed by atoms with E-state index in [1.54, 1.807) is 6.07 Å². The molecule has 6 heteroatoms. The molecule has 1 aromatic rings. The smallest absolute Gasteiger partial charge is 0.294 e. The van der Waals surface area contributed by atoms with Crippen molar-refractivity contribution in [2.75, 3.05) is 6.54 Å². The Morgan fingerprint density at radius 3 is 2.57 bits per heavy atom. The van der Waals surface area contributed by atoms with Gasteiger partial charge in [0.15, 0.2) is 0 Å². The number of hydrogen-bond donors (Lipinski definition) is 2.